The average molecular weight is 349 g/mol. The van der Waals surface area contributed by atoms with E-state index in [0.29, 0.717) is 18.2 Å². The Hall–Kier alpha value is -1.69. The number of carbonyl (C=O) groups excluding carboxylic acids is 1. The Morgan fingerprint density at radius 3 is 2.70 bits per heavy atom. The van der Waals surface area contributed by atoms with Crippen LogP contribution >= 0.6 is 22.9 Å². The lowest BCUT2D eigenvalue weighted by atomic mass is 9.82. The molecule has 0 aliphatic carbocycles. The number of thiazole rings is 1. The van der Waals surface area contributed by atoms with E-state index in [0.717, 1.165) is 23.4 Å². The summed E-state index contributed by atoms with van der Waals surface area (Å²) in [6.45, 7) is 1.25. The highest BCUT2D eigenvalue weighted by Gasteiger charge is 2.35. The van der Waals surface area contributed by atoms with E-state index < -0.39 is 5.54 Å². The third-order valence-corrected chi connectivity index (χ3v) is 4.93. The first-order valence-corrected chi connectivity index (χ1v) is 8.67. The zero-order valence-electron chi connectivity index (χ0n) is 12.5. The SMILES string of the molecule is O=C(/C=C\c1nccs1)NC1(c2ccc(Cl)cc2)CCOCC1. The fraction of sp³-hybridized carbons (Fsp3) is 0.294. The van der Waals surface area contributed by atoms with Gasteiger partial charge in [0.15, 0.2) is 0 Å². The minimum absolute atomic E-state index is 0.128. The van der Waals surface area contributed by atoms with Gasteiger partial charge in [-0.2, -0.15) is 0 Å². The molecule has 1 fully saturated rings. The molecule has 0 spiro atoms. The van der Waals surface area contributed by atoms with Crippen molar-refractivity contribution in [3.8, 4) is 0 Å². The Kier molecular flexibility index (Phi) is 5.10. The monoisotopic (exact) mass is 348 g/mol. The Bertz CT molecular complexity index is 677. The maximum Gasteiger partial charge on any atom is 0.244 e. The number of amides is 1. The summed E-state index contributed by atoms with van der Waals surface area (Å²) < 4.78 is 5.47. The zero-order chi connectivity index (χ0) is 16.1. The first-order chi connectivity index (χ1) is 11.2. The van der Waals surface area contributed by atoms with Crippen molar-refractivity contribution in [1.29, 1.82) is 0 Å². The van der Waals surface area contributed by atoms with Gasteiger partial charge in [-0.25, -0.2) is 4.98 Å². The standard InChI is InChI=1S/C17H17ClN2O2S/c18-14-3-1-13(2-4-14)17(7-10-22-11-8-17)20-15(21)5-6-16-19-9-12-23-16/h1-6,9,12H,7-8,10-11H2,(H,20,21)/b6-5-. The van der Waals surface area contributed by atoms with Crippen molar-refractivity contribution < 1.29 is 9.53 Å². The largest absolute Gasteiger partial charge is 0.381 e. The van der Waals surface area contributed by atoms with Gasteiger partial charge in [-0.1, -0.05) is 23.7 Å². The minimum Gasteiger partial charge on any atom is -0.381 e. The van der Waals surface area contributed by atoms with Crippen molar-refractivity contribution >= 4 is 34.9 Å². The lowest BCUT2D eigenvalue weighted by Crippen LogP contribution is -2.49. The van der Waals surface area contributed by atoms with E-state index in [9.17, 15) is 4.79 Å². The number of benzene rings is 1. The molecule has 6 heteroatoms. The topological polar surface area (TPSA) is 51.2 Å². The van der Waals surface area contributed by atoms with E-state index in [1.54, 1.807) is 12.3 Å². The maximum atomic E-state index is 12.4. The second-order valence-corrected chi connectivity index (χ2v) is 6.76. The highest BCUT2D eigenvalue weighted by atomic mass is 35.5. The summed E-state index contributed by atoms with van der Waals surface area (Å²) in [7, 11) is 0. The molecule has 1 aliphatic heterocycles. The second kappa shape index (κ2) is 7.25. The molecular weight excluding hydrogens is 332 g/mol. The van der Waals surface area contributed by atoms with E-state index in [1.807, 2.05) is 29.6 Å². The average Bonchev–Trinajstić information content (AvgIpc) is 3.08. The van der Waals surface area contributed by atoms with Crippen molar-refractivity contribution in [2.75, 3.05) is 13.2 Å². The number of hydrogen-bond donors (Lipinski definition) is 1. The third-order valence-electron chi connectivity index (χ3n) is 3.93. The van der Waals surface area contributed by atoms with Crippen LogP contribution in [0, 0.1) is 0 Å². The lowest BCUT2D eigenvalue weighted by molar-refractivity contribution is -0.119. The lowest BCUT2D eigenvalue weighted by Gasteiger charge is -2.38. The van der Waals surface area contributed by atoms with Gasteiger partial charge in [0.05, 0.1) is 5.54 Å². The van der Waals surface area contributed by atoms with Crippen LogP contribution in [-0.4, -0.2) is 24.1 Å². The molecule has 1 aromatic carbocycles. The number of carbonyl (C=O) groups is 1. The first-order valence-electron chi connectivity index (χ1n) is 7.41. The van der Waals surface area contributed by atoms with Gasteiger partial charge in [-0.05, 0) is 36.6 Å². The van der Waals surface area contributed by atoms with Crippen molar-refractivity contribution in [2.24, 2.45) is 0 Å². The molecule has 0 atom stereocenters. The summed E-state index contributed by atoms with van der Waals surface area (Å²) in [5.74, 6) is -0.128. The fourth-order valence-corrected chi connectivity index (χ4v) is 3.37. The van der Waals surface area contributed by atoms with Crippen LogP contribution in [-0.2, 0) is 15.1 Å². The smallest absolute Gasteiger partial charge is 0.244 e. The highest BCUT2D eigenvalue weighted by Crippen LogP contribution is 2.32. The van der Waals surface area contributed by atoms with E-state index in [-0.39, 0.29) is 5.91 Å². The molecule has 0 radical (unpaired) electrons. The molecule has 3 rings (SSSR count). The fourth-order valence-electron chi connectivity index (χ4n) is 2.72. The predicted octanol–water partition coefficient (Wildman–Crippen LogP) is 3.63. The van der Waals surface area contributed by atoms with Crippen LogP contribution in [0.4, 0.5) is 0 Å². The number of nitrogens with one attached hydrogen (secondary N) is 1. The molecule has 2 heterocycles. The molecule has 23 heavy (non-hydrogen) atoms. The predicted molar refractivity (Wildman–Crippen MR) is 92.5 cm³/mol. The number of nitrogens with zero attached hydrogens (tertiary/aromatic N) is 1. The molecule has 0 bridgehead atoms. The van der Waals surface area contributed by atoms with Gasteiger partial charge in [-0.15, -0.1) is 11.3 Å². The highest BCUT2D eigenvalue weighted by molar-refractivity contribution is 7.10. The van der Waals surface area contributed by atoms with Crippen LogP contribution in [0.3, 0.4) is 0 Å². The van der Waals surface area contributed by atoms with Gasteiger partial charge in [0.1, 0.15) is 5.01 Å². The quantitative estimate of drug-likeness (QED) is 0.858. The Balaban J connectivity index is 1.79. The summed E-state index contributed by atoms with van der Waals surface area (Å²) >= 11 is 7.48. The van der Waals surface area contributed by atoms with Crippen molar-refractivity contribution in [3.05, 3.63) is 57.5 Å². The molecule has 0 unspecified atom stereocenters. The number of ether oxygens (including phenoxy) is 1. The number of halogens is 1. The molecule has 2 aromatic rings. The molecule has 1 aliphatic rings. The molecule has 1 N–H and O–H groups in total. The van der Waals surface area contributed by atoms with Crippen LogP contribution in [0.15, 0.2) is 41.9 Å². The summed E-state index contributed by atoms with van der Waals surface area (Å²) in [5.41, 5.74) is 0.647. The molecule has 1 saturated heterocycles. The van der Waals surface area contributed by atoms with Gasteiger partial charge in [0.25, 0.3) is 0 Å². The third kappa shape index (κ3) is 3.99. The summed E-state index contributed by atoms with van der Waals surface area (Å²) in [6.07, 6.45) is 6.47. The summed E-state index contributed by atoms with van der Waals surface area (Å²) in [4.78, 5) is 16.5. The van der Waals surface area contributed by atoms with Crippen LogP contribution in [0.2, 0.25) is 5.02 Å². The first kappa shape index (κ1) is 16.2. The van der Waals surface area contributed by atoms with Crippen LogP contribution < -0.4 is 5.32 Å². The molecule has 1 amide bonds. The van der Waals surface area contributed by atoms with E-state index in [1.165, 1.54) is 17.4 Å². The number of aromatic nitrogens is 1. The number of hydrogen-bond acceptors (Lipinski definition) is 4. The molecular formula is C17H17ClN2O2S. The molecule has 0 saturated carbocycles. The van der Waals surface area contributed by atoms with Crippen molar-refractivity contribution in [2.45, 2.75) is 18.4 Å². The normalized spacial score (nSPS) is 17.3. The summed E-state index contributed by atoms with van der Waals surface area (Å²) in [6, 6.07) is 7.65. The molecule has 4 nitrogen and oxygen atoms in total. The second-order valence-electron chi connectivity index (χ2n) is 5.39. The zero-order valence-corrected chi connectivity index (χ0v) is 14.1. The molecule has 1 aromatic heterocycles. The van der Waals surface area contributed by atoms with Crippen LogP contribution in [0.1, 0.15) is 23.4 Å². The summed E-state index contributed by atoms with van der Waals surface area (Å²) in [5, 5.41) is 6.54. The Labute approximate surface area is 144 Å². The van der Waals surface area contributed by atoms with E-state index in [4.69, 9.17) is 16.3 Å². The number of rotatable bonds is 4. The van der Waals surface area contributed by atoms with Crippen LogP contribution in [0.5, 0.6) is 0 Å². The van der Waals surface area contributed by atoms with Gasteiger partial charge >= 0.3 is 0 Å². The van der Waals surface area contributed by atoms with E-state index in [2.05, 4.69) is 10.3 Å². The van der Waals surface area contributed by atoms with Crippen molar-refractivity contribution in [3.63, 3.8) is 0 Å². The Morgan fingerprint density at radius 1 is 1.30 bits per heavy atom. The van der Waals surface area contributed by atoms with Gasteiger partial charge in [-0.3, -0.25) is 4.79 Å². The maximum absolute atomic E-state index is 12.4. The minimum atomic E-state index is -0.410. The van der Waals surface area contributed by atoms with Gasteiger partial charge in [0.2, 0.25) is 5.91 Å². The Morgan fingerprint density at radius 2 is 2.04 bits per heavy atom. The van der Waals surface area contributed by atoms with Gasteiger partial charge < -0.3 is 10.1 Å². The molecule has 120 valence electrons. The van der Waals surface area contributed by atoms with Gasteiger partial charge in [0, 0.05) is 35.9 Å². The van der Waals surface area contributed by atoms with E-state index >= 15 is 0 Å². The van der Waals surface area contributed by atoms with Crippen molar-refractivity contribution in [1.82, 2.24) is 10.3 Å². The van der Waals surface area contributed by atoms with Crippen LogP contribution in [0.25, 0.3) is 6.08 Å².